The van der Waals surface area contributed by atoms with E-state index in [1.165, 1.54) is 29.5 Å². The summed E-state index contributed by atoms with van der Waals surface area (Å²) in [5.41, 5.74) is 7.40. The van der Waals surface area contributed by atoms with Crippen LogP contribution in [0.3, 0.4) is 0 Å². The quantitative estimate of drug-likeness (QED) is 0.275. The Morgan fingerprint density at radius 1 is 1.17 bits per heavy atom. The molecule has 0 radical (unpaired) electrons. The number of ether oxygens (including phenoxy) is 1. The summed E-state index contributed by atoms with van der Waals surface area (Å²) in [6.45, 7) is 1.63. The first-order valence-corrected chi connectivity index (χ1v) is 9.47. The standard InChI is InChI=1S/C22H30F3NO3/c1-18-6-2-3-8-20(18)9-5-15-29-14-4-7-19(11-13-22(23,24)25)10-12-21(26,16-27)17-28/h2-4,6-8,11,13-14,27-28H,5,9-10,12,15-17,26H2,1H3/b13-11+,14-4+,19-7-. The lowest BCUT2D eigenvalue weighted by molar-refractivity contribution is -0.0798. The van der Waals surface area contributed by atoms with Crippen LogP contribution in [0.25, 0.3) is 0 Å². The van der Waals surface area contributed by atoms with Crippen molar-refractivity contribution in [2.24, 2.45) is 5.73 Å². The lowest BCUT2D eigenvalue weighted by atomic mass is 9.93. The molecule has 0 atom stereocenters. The minimum atomic E-state index is -4.43. The first kappa shape index (κ1) is 24.9. The molecule has 162 valence electrons. The van der Waals surface area contributed by atoms with E-state index in [9.17, 15) is 23.4 Å². The van der Waals surface area contributed by atoms with Gasteiger partial charge in [0.2, 0.25) is 0 Å². The van der Waals surface area contributed by atoms with Crippen LogP contribution in [0.5, 0.6) is 0 Å². The van der Waals surface area contributed by atoms with Crippen molar-refractivity contribution in [3.8, 4) is 0 Å². The zero-order valence-corrected chi connectivity index (χ0v) is 16.7. The van der Waals surface area contributed by atoms with E-state index in [0.717, 1.165) is 18.9 Å². The molecule has 0 aliphatic carbocycles. The Kier molecular flexibility index (Phi) is 10.7. The SMILES string of the molecule is Cc1ccccc1CCCO/C=C/C=C(\C=C\C(F)(F)F)CCC(N)(CO)CO. The molecule has 1 aromatic rings. The highest BCUT2D eigenvalue weighted by molar-refractivity contribution is 5.26. The van der Waals surface area contributed by atoms with Crippen LogP contribution in [0.1, 0.15) is 30.4 Å². The maximum Gasteiger partial charge on any atom is 0.409 e. The molecule has 0 aromatic heterocycles. The highest BCUT2D eigenvalue weighted by Gasteiger charge is 2.24. The molecule has 0 saturated heterocycles. The summed E-state index contributed by atoms with van der Waals surface area (Å²) in [6, 6.07) is 8.11. The molecule has 0 saturated carbocycles. The predicted octanol–water partition coefficient (Wildman–Crippen LogP) is 3.97. The van der Waals surface area contributed by atoms with Gasteiger partial charge in [0.15, 0.2) is 0 Å². The van der Waals surface area contributed by atoms with E-state index in [0.29, 0.717) is 12.2 Å². The number of aryl methyl sites for hydroxylation is 2. The Morgan fingerprint density at radius 3 is 2.48 bits per heavy atom. The van der Waals surface area contributed by atoms with Gasteiger partial charge in [-0.1, -0.05) is 36.4 Å². The zero-order chi connectivity index (χ0) is 21.8. The number of hydrogen-bond acceptors (Lipinski definition) is 4. The Balaban J connectivity index is 2.56. The Morgan fingerprint density at radius 2 is 1.86 bits per heavy atom. The number of hydrogen-bond donors (Lipinski definition) is 3. The van der Waals surface area contributed by atoms with Crippen LogP contribution in [0, 0.1) is 6.92 Å². The Hall–Kier alpha value is -2.09. The fourth-order valence-corrected chi connectivity index (χ4v) is 2.55. The van der Waals surface area contributed by atoms with Crippen LogP contribution in [-0.2, 0) is 11.2 Å². The number of allylic oxidation sites excluding steroid dienone is 5. The third kappa shape index (κ3) is 10.9. The summed E-state index contributed by atoms with van der Waals surface area (Å²) in [7, 11) is 0. The summed E-state index contributed by atoms with van der Waals surface area (Å²) in [5, 5.41) is 18.4. The highest BCUT2D eigenvalue weighted by atomic mass is 19.4. The van der Waals surface area contributed by atoms with E-state index < -0.39 is 24.9 Å². The van der Waals surface area contributed by atoms with Crippen LogP contribution >= 0.6 is 0 Å². The number of benzene rings is 1. The summed E-state index contributed by atoms with van der Waals surface area (Å²) in [4.78, 5) is 0. The normalized spacial score (nSPS) is 13.6. The lowest BCUT2D eigenvalue weighted by Crippen LogP contribution is -2.47. The molecule has 4 nitrogen and oxygen atoms in total. The molecule has 1 aromatic carbocycles. The summed E-state index contributed by atoms with van der Waals surface area (Å²) in [6.07, 6.45) is 3.15. The minimum absolute atomic E-state index is 0.138. The molecule has 0 aliphatic heterocycles. The summed E-state index contributed by atoms with van der Waals surface area (Å²) < 4.78 is 42.8. The van der Waals surface area contributed by atoms with Crippen molar-refractivity contribution in [1.29, 1.82) is 0 Å². The molecule has 29 heavy (non-hydrogen) atoms. The monoisotopic (exact) mass is 413 g/mol. The maximum atomic E-state index is 12.5. The van der Waals surface area contributed by atoms with Crippen molar-refractivity contribution < 1.29 is 28.1 Å². The molecule has 1 rings (SSSR count). The van der Waals surface area contributed by atoms with E-state index in [-0.39, 0.29) is 18.9 Å². The lowest BCUT2D eigenvalue weighted by Gasteiger charge is -2.24. The third-order valence-electron chi connectivity index (χ3n) is 4.48. The van der Waals surface area contributed by atoms with Crippen molar-refractivity contribution >= 4 is 0 Å². The largest absolute Gasteiger partial charge is 0.501 e. The van der Waals surface area contributed by atoms with Gasteiger partial charge in [-0.05, 0) is 55.4 Å². The Bertz CT molecular complexity index is 693. The van der Waals surface area contributed by atoms with Gasteiger partial charge in [-0.15, -0.1) is 0 Å². The van der Waals surface area contributed by atoms with Gasteiger partial charge in [-0.25, -0.2) is 0 Å². The topological polar surface area (TPSA) is 75.7 Å². The molecule has 0 aliphatic rings. The highest BCUT2D eigenvalue weighted by Crippen LogP contribution is 2.20. The number of alkyl halides is 3. The molecule has 0 unspecified atom stereocenters. The van der Waals surface area contributed by atoms with E-state index in [1.807, 2.05) is 12.1 Å². The number of nitrogens with two attached hydrogens (primary N) is 1. The molecule has 0 spiro atoms. The Labute approximate surface area is 170 Å². The van der Waals surface area contributed by atoms with Crippen molar-refractivity contribution in [1.82, 2.24) is 0 Å². The predicted molar refractivity (Wildman–Crippen MR) is 108 cm³/mol. The number of aliphatic hydroxyl groups excluding tert-OH is 2. The van der Waals surface area contributed by atoms with Crippen LogP contribution in [-0.4, -0.2) is 41.7 Å². The molecular formula is C22H30F3NO3. The van der Waals surface area contributed by atoms with Gasteiger partial charge in [-0.3, -0.25) is 0 Å². The van der Waals surface area contributed by atoms with Crippen molar-refractivity contribution in [2.75, 3.05) is 19.8 Å². The minimum Gasteiger partial charge on any atom is -0.501 e. The van der Waals surface area contributed by atoms with E-state index in [2.05, 4.69) is 19.1 Å². The number of halogens is 3. The number of aliphatic hydroxyl groups is 2. The third-order valence-corrected chi connectivity index (χ3v) is 4.48. The van der Waals surface area contributed by atoms with E-state index >= 15 is 0 Å². The van der Waals surface area contributed by atoms with Gasteiger partial charge in [0, 0.05) is 6.08 Å². The van der Waals surface area contributed by atoms with Crippen molar-refractivity contribution in [3.63, 3.8) is 0 Å². The molecule has 7 heteroatoms. The van der Waals surface area contributed by atoms with Crippen molar-refractivity contribution in [2.45, 2.75) is 44.3 Å². The van der Waals surface area contributed by atoms with Gasteiger partial charge in [0.25, 0.3) is 0 Å². The van der Waals surface area contributed by atoms with E-state index in [4.69, 9.17) is 10.5 Å². The summed E-state index contributed by atoms with van der Waals surface area (Å²) in [5.74, 6) is 0. The zero-order valence-electron chi connectivity index (χ0n) is 16.7. The van der Waals surface area contributed by atoms with Gasteiger partial charge in [0.05, 0.1) is 31.6 Å². The van der Waals surface area contributed by atoms with Crippen LogP contribution < -0.4 is 5.73 Å². The van der Waals surface area contributed by atoms with Gasteiger partial charge in [0.1, 0.15) is 0 Å². The molecule has 0 bridgehead atoms. The van der Waals surface area contributed by atoms with Crippen LogP contribution in [0.4, 0.5) is 13.2 Å². The van der Waals surface area contributed by atoms with Crippen molar-refractivity contribution in [3.05, 3.63) is 71.5 Å². The van der Waals surface area contributed by atoms with Gasteiger partial charge in [-0.2, -0.15) is 13.2 Å². The molecule has 0 heterocycles. The fraction of sp³-hybridized carbons (Fsp3) is 0.455. The first-order valence-electron chi connectivity index (χ1n) is 9.47. The molecule has 0 amide bonds. The molecular weight excluding hydrogens is 383 g/mol. The second-order valence-corrected chi connectivity index (χ2v) is 7.02. The van der Waals surface area contributed by atoms with Crippen LogP contribution in [0.2, 0.25) is 0 Å². The molecule has 0 fully saturated rings. The maximum absolute atomic E-state index is 12.5. The van der Waals surface area contributed by atoms with Gasteiger partial charge < -0.3 is 20.7 Å². The van der Waals surface area contributed by atoms with Crippen LogP contribution in [0.15, 0.2) is 60.4 Å². The second-order valence-electron chi connectivity index (χ2n) is 7.02. The molecule has 4 N–H and O–H groups in total. The average Bonchev–Trinajstić information content (AvgIpc) is 2.69. The van der Waals surface area contributed by atoms with E-state index in [1.54, 1.807) is 0 Å². The fourth-order valence-electron chi connectivity index (χ4n) is 2.55. The first-order chi connectivity index (χ1) is 13.7. The smallest absolute Gasteiger partial charge is 0.409 e. The second kappa shape index (κ2) is 12.5. The van der Waals surface area contributed by atoms with Gasteiger partial charge >= 0.3 is 6.18 Å². The number of rotatable bonds is 12. The average molecular weight is 413 g/mol. The summed E-state index contributed by atoms with van der Waals surface area (Å²) >= 11 is 0.